The predicted molar refractivity (Wildman–Crippen MR) is 53.3 cm³/mol. The van der Waals surface area contributed by atoms with Crippen LogP contribution in [0.25, 0.3) is 6.08 Å². The Morgan fingerprint density at radius 2 is 2.00 bits per heavy atom. The molecule has 0 aromatic heterocycles. The molecule has 0 amide bonds. The molecule has 1 N–H and O–H groups in total. The van der Waals surface area contributed by atoms with E-state index in [1.54, 1.807) is 0 Å². The minimum Gasteiger partial charge on any atom is -0.388 e. The van der Waals surface area contributed by atoms with Crippen LogP contribution in [0.3, 0.4) is 0 Å². The number of halogens is 1. The molecule has 0 bridgehead atoms. The zero-order valence-electron chi connectivity index (χ0n) is 6.50. The highest BCUT2D eigenvalue weighted by molar-refractivity contribution is 5.85. The number of anilines is 1. The third kappa shape index (κ3) is 2.28. The Labute approximate surface area is 73.5 Å². The third-order valence-corrected chi connectivity index (χ3v) is 1.45. The van der Waals surface area contributed by atoms with Gasteiger partial charge in [0.2, 0.25) is 0 Å². The van der Waals surface area contributed by atoms with Gasteiger partial charge in [0, 0.05) is 12.7 Å². The van der Waals surface area contributed by atoms with Crippen molar-refractivity contribution >= 4 is 24.2 Å². The fraction of sp³-hybridized carbons (Fsp3) is 0.111. The van der Waals surface area contributed by atoms with Crippen LogP contribution in [0.1, 0.15) is 5.56 Å². The van der Waals surface area contributed by atoms with Gasteiger partial charge in [-0.1, -0.05) is 30.9 Å². The van der Waals surface area contributed by atoms with E-state index in [1.165, 1.54) is 0 Å². The average Bonchev–Trinajstić information content (AvgIpc) is 2.04. The monoisotopic (exact) mass is 169 g/mol. The SMILES string of the molecule is C=Cc1ccccc1NC.Cl. The molecule has 1 rings (SSSR count). The van der Waals surface area contributed by atoms with Gasteiger partial charge in [0.15, 0.2) is 0 Å². The van der Waals surface area contributed by atoms with E-state index >= 15 is 0 Å². The van der Waals surface area contributed by atoms with Crippen LogP contribution in [0.5, 0.6) is 0 Å². The molecule has 11 heavy (non-hydrogen) atoms. The van der Waals surface area contributed by atoms with E-state index in [1.807, 2.05) is 37.4 Å². The first-order chi connectivity index (χ1) is 4.88. The normalized spacial score (nSPS) is 8.09. The fourth-order valence-corrected chi connectivity index (χ4v) is 0.903. The molecule has 1 nitrogen and oxygen atoms in total. The lowest BCUT2D eigenvalue weighted by atomic mass is 10.2. The number of hydrogen-bond donors (Lipinski definition) is 1. The second-order valence-corrected chi connectivity index (χ2v) is 2.04. The summed E-state index contributed by atoms with van der Waals surface area (Å²) in [5.41, 5.74) is 2.27. The predicted octanol–water partition coefficient (Wildman–Crippen LogP) is 2.79. The van der Waals surface area contributed by atoms with Crippen LogP contribution in [0.15, 0.2) is 30.8 Å². The van der Waals surface area contributed by atoms with Gasteiger partial charge in [-0.3, -0.25) is 0 Å². The first kappa shape index (κ1) is 10.0. The molecular weight excluding hydrogens is 158 g/mol. The van der Waals surface area contributed by atoms with Gasteiger partial charge < -0.3 is 5.32 Å². The molecule has 0 fully saturated rings. The lowest BCUT2D eigenvalue weighted by Gasteiger charge is -2.02. The summed E-state index contributed by atoms with van der Waals surface area (Å²) >= 11 is 0. The standard InChI is InChI=1S/C9H11N.ClH/c1-3-8-6-4-5-7-9(8)10-2;/h3-7,10H,1H2,2H3;1H. The molecule has 60 valence electrons. The summed E-state index contributed by atoms with van der Waals surface area (Å²) < 4.78 is 0. The highest BCUT2D eigenvalue weighted by Crippen LogP contribution is 2.14. The van der Waals surface area contributed by atoms with E-state index in [0.29, 0.717) is 0 Å². The molecule has 0 saturated carbocycles. The quantitative estimate of drug-likeness (QED) is 0.718. The van der Waals surface area contributed by atoms with Crippen molar-refractivity contribution in [2.75, 3.05) is 12.4 Å². The second-order valence-electron chi connectivity index (χ2n) is 2.04. The maximum atomic E-state index is 3.70. The molecule has 1 aromatic rings. The van der Waals surface area contributed by atoms with E-state index < -0.39 is 0 Å². The van der Waals surface area contributed by atoms with Gasteiger partial charge in [-0.05, 0) is 11.6 Å². The number of hydrogen-bond acceptors (Lipinski definition) is 1. The molecule has 1 aromatic carbocycles. The molecule has 0 aliphatic heterocycles. The van der Waals surface area contributed by atoms with Gasteiger partial charge in [-0.25, -0.2) is 0 Å². The zero-order valence-corrected chi connectivity index (χ0v) is 7.32. The van der Waals surface area contributed by atoms with Crippen molar-refractivity contribution in [2.45, 2.75) is 0 Å². The first-order valence-electron chi connectivity index (χ1n) is 3.27. The molecule has 0 spiro atoms. The first-order valence-corrected chi connectivity index (χ1v) is 3.27. The molecule has 0 aliphatic carbocycles. The Morgan fingerprint density at radius 3 is 2.45 bits per heavy atom. The fourth-order valence-electron chi connectivity index (χ4n) is 0.903. The summed E-state index contributed by atoms with van der Waals surface area (Å²) in [5.74, 6) is 0. The molecule has 0 radical (unpaired) electrons. The van der Waals surface area contributed by atoms with Crippen molar-refractivity contribution in [3.8, 4) is 0 Å². The maximum Gasteiger partial charge on any atom is 0.0410 e. The Hall–Kier alpha value is -0.950. The van der Waals surface area contributed by atoms with E-state index in [4.69, 9.17) is 0 Å². The van der Waals surface area contributed by atoms with Crippen molar-refractivity contribution in [3.05, 3.63) is 36.4 Å². The Balaban J connectivity index is 0.000001000. The molecule has 0 heterocycles. The molecule has 0 atom stereocenters. The van der Waals surface area contributed by atoms with Crippen LogP contribution in [0, 0.1) is 0 Å². The van der Waals surface area contributed by atoms with Gasteiger partial charge in [-0.2, -0.15) is 0 Å². The van der Waals surface area contributed by atoms with E-state index in [2.05, 4.69) is 11.9 Å². The summed E-state index contributed by atoms with van der Waals surface area (Å²) in [5, 5.41) is 3.08. The number of para-hydroxylation sites is 1. The summed E-state index contributed by atoms with van der Waals surface area (Å²) in [6.45, 7) is 3.70. The number of nitrogens with one attached hydrogen (secondary N) is 1. The van der Waals surface area contributed by atoms with E-state index in [-0.39, 0.29) is 12.4 Å². The molecule has 0 aliphatic rings. The Bertz CT molecular complexity index is 233. The van der Waals surface area contributed by atoms with Crippen LogP contribution >= 0.6 is 12.4 Å². The van der Waals surface area contributed by atoms with Gasteiger partial charge in [0.25, 0.3) is 0 Å². The molecule has 0 saturated heterocycles. The lowest BCUT2D eigenvalue weighted by Crippen LogP contribution is -1.89. The van der Waals surface area contributed by atoms with Crippen LogP contribution in [0.2, 0.25) is 0 Å². The van der Waals surface area contributed by atoms with Crippen LogP contribution in [0.4, 0.5) is 5.69 Å². The number of benzene rings is 1. The van der Waals surface area contributed by atoms with Crippen molar-refractivity contribution < 1.29 is 0 Å². The molecular formula is C9H12ClN. The summed E-state index contributed by atoms with van der Waals surface area (Å²) in [4.78, 5) is 0. The lowest BCUT2D eigenvalue weighted by molar-refractivity contribution is 1.50. The van der Waals surface area contributed by atoms with Gasteiger partial charge in [0.05, 0.1) is 0 Å². The van der Waals surface area contributed by atoms with Crippen LogP contribution < -0.4 is 5.32 Å². The average molecular weight is 170 g/mol. The van der Waals surface area contributed by atoms with Gasteiger partial charge in [-0.15, -0.1) is 12.4 Å². The van der Waals surface area contributed by atoms with E-state index in [9.17, 15) is 0 Å². The van der Waals surface area contributed by atoms with Gasteiger partial charge in [0.1, 0.15) is 0 Å². The Kier molecular flexibility index (Phi) is 4.39. The third-order valence-electron chi connectivity index (χ3n) is 1.45. The summed E-state index contributed by atoms with van der Waals surface area (Å²) in [7, 11) is 1.91. The minimum absolute atomic E-state index is 0. The molecule has 0 unspecified atom stereocenters. The van der Waals surface area contributed by atoms with Crippen molar-refractivity contribution in [1.29, 1.82) is 0 Å². The van der Waals surface area contributed by atoms with Crippen molar-refractivity contribution in [3.63, 3.8) is 0 Å². The smallest absolute Gasteiger partial charge is 0.0410 e. The second kappa shape index (κ2) is 4.80. The van der Waals surface area contributed by atoms with Crippen molar-refractivity contribution in [1.82, 2.24) is 0 Å². The number of rotatable bonds is 2. The van der Waals surface area contributed by atoms with Crippen LogP contribution in [-0.4, -0.2) is 7.05 Å². The molecule has 2 heteroatoms. The van der Waals surface area contributed by atoms with Crippen molar-refractivity contribution in [2.24, 2.45) is 0 Å². The highest BCUT2D eigenvalue weighted by atomic mass is 35.5. The Morgan fingerprint density at radius 1 is 1.36 bits per heavy atom. The van der Waals surface area contributed by atoms with E-state index in [0.717, 1.165) is 11.3 Å². The maximum absolute atomic E-state index is 3.70. The highest BCUT2D eigenvalue weighted by Gasteiger charge is 1.91. The van der Waals surface area contributed by atoms with Crippen LogP contribution in [-0.2, 0) is 0 Å². The summed E-state index contributed by atoms with van der Waals surface area (Å²) in [6, 6.07) is 8.05. The largest absolute Gasteiger partial charge is 0.388 e. The zero-order chi connectivity index (χ0) is 7.40. The van der Waals surface area contributed by atoms with Gasteiger partial charge >= 0.3 is 0 Å². The summed E-state index contributed by atoms with van der Waals surface area (Å²) in [6.07, 6.45) is 1.84. The topological polar surface area (TPSA) is 12.0 Å². The minimum atomic E-state index is 0.